The van der Waals surface area contributed by atoms with E-state index in [4.69, 9.17) is 18.9 Å². The van der Waals surface area contributed by atoms with Crippen molar-refractivity contribution in [2.45, 2.75) is 25.9 Å². The molecule has 1 aliphatic heterocycles. The maximum atomic E-state index is 6.57. The molecule has 0 fully saturated rings. The summed E-state index contributed by atoms with van der Waals surface area (Å²) in [4.78, 5) is 0. The number of benzene rings is 5. The van der Waals surface area contributed by atoms with E-state index >= 15 is 0 Å². The fraction of sp³-hybridized carbons (Fsp3) is 0.111. The topological polar surface area (TPSA) is 36.9 Å². The lowest BCUT2D eigenvalue weighted by molar-refractivity contribution is 0.107. The van der Waals surface area contributed by atoms with Gasteiger partial charge in [-0.3, -0.25) is 0 Å². The Hall–Kier alpha value is -4.96. The first-order valence-electron chi connectivity index (χ1n) is 13.4. The van der Waals surface area contributed by atoms with Crippen LogP contribution in [0.1, 0.15) is 33.9 Å². The molecular formula is C36H30O4. The zero-order valence-corrected chi connectivity index (χ0v) is 22.1. The fourth-order valence-corrected chi connectivity index (χ4v) is 4.60. The van der Waals surface area contributed by atoms with E-state index in [0.29, 0.717) is 19.8 Å². The average molecular weight is 527 g/mol. The van der Waals surface area contributed by atoms with E-state index in [-0.39, 0.29) is 0 Å². The standard InChI is InChI=1S/C36H30O4/c1-4-11-27(12-5-1)24-37-31-21-19-30(20-22-31)36-35(39-26-29-15-8-3-9-16-29)23-32-33(17-10-18-34(32)40-36)38-25-28-13-6-2-7-14-28/h1-23,36H,24-26H2. The summed E-state index contributed by atoms with van der Waals surface area (Å²) in [5.41, 5.74) is 5.18. The summed E-state index contributed by atoms with van der Waals surface area (Å²) >= 11 is 0. The minimum Gasteiger partial charge on any atom is -0.489 e. The van der Waals surface area contributed by atoms with Gasteiger partial charge in [0.2, 0.25) is 0 Å². The lowest BCUT2D eigenvalue weighted by Gasteiger charge is -2.28. The average Bonchev–Trinajstić information content (AvgIpc) is 3.03. The van der Waals surface area contributed by atoms with Gasteiger partial charge in [-0.05, 0) is 47.0 Å². The van der Waals surface area contributed by atoms with Crippen LogP contribution in [0.5, 0.6) is 17.2 Å². The van der Waals surface area contributed by atoms with Crippen molar-refractivity contribution >= 4 is 6.08 Å². The van der Waals surface area contributed by atoms with Gasteiger partial charge < -0.3 is 18.9 Å². The van der Waals surface area contributed by atoms with Crippen molar-refractivity contribution in [3.63, 3.8) is 0 Å². The van der Waals surface area contributed by atoms with Crippen LogP contribution in [0.3, 0.4) is 0 Å². The normalized spacial score (nSPS) is 13.9. The summed E-state index contributed by atoms with van der Waals surface area (Å²) in [5.74, 6) is 3.04. The van der Waals surface area contributed by atoms with Gasteiger partial charge in [0.1, 0.15) is 42.8 Å². The van der Waals surface area contributed by atoms with Gasteiger partial charge in [0.25, 0.3) is 0 Å². The van der Waals surface area contributed by atoms with Crippen molar-refractivity contribution in [2.75, 3.05) is 0 Å². The monoisotopic (exact) mass is 526 g/mol. The van der Waals surface area contributed by atoms with E-state index in [1.807, 2.05) is 103 Å². The van der Waals surface area contributed by atoms with Crippen LogP contribution < -0.4 is 14.2 Å². The summed E-state index contributed by atoms with van der Waals surface area (Å²) in [7, 11) is 0. The molecule has 0 bridgehead atoms. The molecule has 5 aromatic rings. The molecule has 40 heavy (non-hydrogen) atoms. The van der Waals surface area contributed by atoms with Gasteiger partial charge in [-0.2, -0.15) is 0 Å². The van der Waals surface area contributed by atoms with Crippen molar-refractivity contribution in [1.29, 1.82) is 0 Å². The van der Waals surface area contributed by atoms with Crippen molar-refractivity contribution in [3.8, 4) is 17.2 Å². The van der Waals surface area contributed by atoms with Gasteiger partial charge in [-0.15, -0.1) is 0 Å². The molecule has 0 aromatic heterocycles. The molecule has 198 valence electrons. The summed E-state index contributed by atoms with van der Waals surface area (Å²) in [6.45, 7) is 1.43. The van der Waals surface area contributed by atoms with Crippen LogP contribution >= 0.6 is 0 Å². The van der Waals surface area contributed by atoms with Crippen LogP contribution in [0.25, 0.3) is 6.08 Å². The fourth-order valence-electron chi connectivity index (χ4n) is 4.60. The molecule has 1 aliphatic rings. The van der Waals surface area contributed by atoms with Crippen LogP contribution in [-0.2, 0) is 24.6 Å². The number of rotatable bonds is 10. The van der Waals surface area contributed by atoms with E-state index in [1.54, 1.807) is 0 Å². The van der Waals surface area contributed by atoms with Crippen molar-refractivity contribution in [3.05, 3.63) is 167 Å². The Balaban J connectivity index is 1.24. The summed E-state index contributed by atoms with van der Waals surface area (Å²) in [6.07, 6.45) is 1.65. The van der Waals surface area contributed by atoms with E-state index in [2.05, 4.69) is 36.4 Å². The van der Waals surface area contributed by atoms with Gasteiger partial charge in [0.15, 0.2) is 6.10 Å². The smallest absolute Gasteiger partial charge is 0.180 e. The van der Waals surface area contributed by atoms with E-state index in [0.717, 1.165) is 50.8 Å². The van der Waals surface area contributed by atoms with Crippen LogP contribution in [0, 0.1) is 0 Å². The highest BCUT2D eigenvalue weighted by molar-refractivity contribution is 5.68. The number of hydrogen-bond acceptors (Lipinski definition) is 4. The van der Waals surface area contributed by atoms with Gasteiger partial charge in [0, 0.05) is 5.56 Å². The minimum absolute atomic E-state index is 0.399. The highest BCUT2D eigenvalue weighted by Crippen LogP contribution is 2.42. The molecule has 1 heterocycles. The molecule has 0 radical (unpaired) electrons. The molecular weight excluding hydrogens is 496 g/mol. The van der Waals surface area contributed by atoms with Crippen LogP contribution in [-0.4, -0.2) is 0 Å². The molecule has 0 spiro atoms. The molecule has 1 atom stereocenters. The van der Waals surface area contributed by atoms with E-state index < -0.39 is 6.10 Å². The number of ether oxygens (including phenoxy) is 4. The molecule has 0 saturated carbocycles. The first-order chi connectivity index (χ1) is 19.8. The Morgan fingerprint density at radius 2 is 1.05 bits per heavy atom. The third-order valence-corrected chi connectivity index (χ3v) is 6.73. The second kappa shape index (κ2) is 12.3. The lowest BCUT2D eigenvalue weighted by atomic mass is 10.0. The minimum atomic E-state index is -0.399. The first-order valence-corrected chi connectivity index (χ1v) is 13.4. The predicted octanol–water partition coefficient (Wildman–Crippen LogP) is 8.54. The summed E-state index contributed by atoms with van der Waals surface area (Å²) in [6, 6.07) is 44.4. The second-order valence-electron chi connectivity index (χ2n) is 9.60. The van der Waals surface area contributed by atoms with Crippen molar-refractivity contribution < 1.29 is 18.9 Å². The first kappa shape index (κ1) is 25.3. The lowest BCUT2D eigenvalue weighted by Crippen LogP contribution is -2.17. The van der Waals surface area contributed by atoms with Gasteiger partial charge >= 0.3 is 0 Å². The Bertz CT molecular complexity index is 1550. The molecule has 0 saturated heterocycles. The number of fused-ring (bicyclic) bond motifs is 1. The van der Waals surface area contributed by atoms with Gasteiger partial charge in [-0.1, -0.05) is 109 Å². The van der Waals surface area contributed by atoms with Crippen molar-refractivity contribution in [1.82, 2.24) is 0 Å². The molecule has 5 aromatic carbocycles. The van der Waals surface area contributed by atoms with Gasteiger partial charge in [-0.25, -0.2) is 0 Å². The second-order valence-corrected chi connectivity index (χ2v) is 9.60. The van der Waals surface area contributed by atoms with E-state index in [9.17, 15) is 0 Å². The number of hydrogen-bond donors (Lipinski definition) is 0. The molecule has 6 rings (SSSR count). The maximum Gasteiger partial charge on any atom is 0.180 e. The van der Waals surface area contributed by atoms with Crippen molar-refractivity contribution in [2.24, 2.45) is 0 Å². The predicted molar refractivity (Wildman–Crippen MR) is 157 cm³/mol. The third-order valence-electron chi connectivity index (χ3n) is 6.73. The quantitative estimate of drug-likeness (QED) is 0.183. The molecule has 1 unspecified atom stereocenters. The molecule has 0 N–H and O–H groups in total. The zero-order valence-electron chi connectivity index (χ0n) is 22.1. The zero-order chi connectivity index (χ0) is 27.0. The van der Waals surface area contributed by atoms with Crippen LogP contribution in [0.4, 0.5) is 0 Å². The SMILES string of the molecule is C1=C(OCc2ccccc2)C(c2ccc(OCc3ccccc3)cc2)Oc2cccc(OCc3ccccc3)c21. The molecule has 4 nitrogen and oxygen atoms in total. The maximum absolute atomic E-state index is 6.57. The molecule has 0 amide bonds. The highest BCUT2D eigenvalue weighted by Gasteiger charge is 2.28. The summed E-state index contributed by atoms with van der Waals surface area (Å²) < 4.78 is 25.2. The largest absolute Gasteiger partial charge is 0.489 e. The summed E-state index contributed by atoms with van der Waals surface area (Å²) in [5, 5.41) is 0. The highest BCUT2D eigenvalue weighted by atomic mass is 16.5. The van der Waals surface area contributed by atoms with Crippen LogP contribution in [0.15, 0.2) is 139 Å². The molecule has 0 aliphatic carbocycles. The Morgan fingerprint density at radius 3 is 1.65 bits per heavy atom. The van der Waals surface area contributed by atoms with Crippen LogP contribution in [0.2, 0.25) is 0 Å². The third kappa shape index (κ3) is 6.19. The van der Waals surface area contributed by atoms with E-state index in [1.165, 1.54) is 0 Å². The Labute approximate surface area is 235 Å². The molecule has 4 heteroatoms. The Morgan fingerprint density at radius 1 is 0.500 bits per heavy atom. The van der Waals surface area contributed by atoms with Gasteiger partial charge in [0.05, 0.1) is 5.56 Å². The Kier molecular flexibility index (Phi) is 7.77.